The molecule has 0 radical (unpaired) electrons. The molecule has 0 aliphatic rings. The number of hydrogen-bond acceptors (Lipinski definition) is 3. The zero-order valence-electron chi connectivity index (χ0n) is 7.03. The molecular weight excluding hydrogens is 166 g/mol. The molecule has 0 aromatic heterocycles. The summed E-state index contributed by atoms with van der Waals surface area (Å²) < 4.78 is 0. The van der Waals surface area contributed by atoms with E-state index in [0.29, 0.717) is 11.1 Å². The number of Topliss-reactive ketones (excluding diaryl/α,β-unsaturated/α-hetero) is 1. The predicted octanol–water partition coefficient (Wildman–Crippen LogP) is 0.662. The number of benzene rings is 1. The first kappa shape index (κ1) is 9.43. The zero-order valence-corrected chi connectivity index (χ0v) is 7.03. The third kappa shape index (κ3) is 2.39. The molecule has 0 unspecified atom stereocenters. The highest BCUT2D eigenvalue weighted by Gasteiger charge is 2.05. The van der Waals surface area contributed by atoms with E-state index in [1.165, 1.54) is 0 Å². The lowest BCUT2D eigenvalue weighted by atomic mass is 10.0. The van der Waals surface area contributed by atoms with Crippen LogP contribution in [0.5, 0.6) is 0 Å². The molecule has 0 bridgehead atoms. The summed E-state index contributed by atoms with van der Waals surface area (Å²) in [6.45, 7) is -0.472. The van der Waals surface area contributed by atoms with Gasteiger partial charge in [0.15, 0.2) is 5.78 Å². The fourth-order valence-electron chi connectivity index (χ4n) is 1.05. The van der Waals surface area contributed by atoms with E-state index in [1.807, 2.05) is 6.07 Å². The van der Waals surface area contributed by atoms with Gasteiger partial charge in [0.1, 0.15) is 6.61 Å². The second-order valence-corrected chi connectivity index (χ2v) is 2.64. The van der Waals surface area contributed by atoms with Crippen LogP contribution in [0.2, 0.25) is 0 Å². The molecule has 13 heavy (non-hydrogen) atoms. The number of aliphatic hydroxyl groups is 1. The van der Waals surface area contributed by atoms with Crippen molar-refractivity contribution in [2.45, 2.75) is 6.42 Å². The van der Waals surface area contributed by atoms with Crippen LogP contribution in [0.3, 0.4) is 0 Å². The smallest absolute Gasteiger partial charge is 0.162 e. The highest BCUT2D eigenvalue weighted by atomic mass is 16.3. The Morgan fingerprint density at radius 2 is 2.15 bits per heavy atom. The first-order valence-electron chi connectivity index (χ1n) is 3.88. The highest BCUT2D eigenvalue weighted by molar-refractivity contribution is 5.82. The van der Waals surface area contributed by atoms with Gasteiger partial charge in [0.05, 0.1) is 11.6 Å². The molecule has 0 fully saturated rings. The number of carbonyl (C=O) groups excluding carboxylic acids is 1. The summed E-state index contributed by atoms with van der Waals surface area (Å²) >= 11 is 0. The molecule has 1 rings (SSSR count). The number of rotatable bonds is 3. The van der Waals surface area contributed by atoms with Crippen molar-refractivity contribution in [1.82, 2.24) is 0 Å². The average molecular weight is 175 g/mol. The maximum absolute atomic E-state index is 10.9. The Hall–Kier alpha value is -1.66. The average Bonchev–Trinajstić information content (AvgIpc) is 2.18. The van der Waals surface area contributed by atoms with Crippen molar-refractivity contribution in [2.75, 3.05) is 6.61 Å². The van der Waals surface area contributed by atoms with Crippen molar-refractivity contribution >= 4 is 5.78 Å². The van der Waals surface area contributed by atoms with Crippen LogP contribution in [0, 0.1) is 11.3 Å². The van der Waals surface area contributed by atoms with Crippen molar-refractivity contribution in [1.29, 1.82) is 5.26 Å². The number of carbonyl (C=O) groups is 1. The van der Waals surface area contributed by atoms with Crippen LogP contribution in [0.1, 0.15) is 11.1 Å². The van der Waals surface area contributed by atoms with Gasteiger partial charge in [0.2, 0.25) is 0 Å². The van der Waals surface area contributed by atoms with Gasteiger partial charge >= 0.3 is 0 Å². The predicted molar refractivity (Wildman–Crippen MR) is 47.0 cm³/mol. The van der Waals surface area contributed by atoms with Crippen molar-refractivity contribution in [3.63, 3.8) is 0 Å². The lowest BCUT2D eigenvalue weighted by molar-refractivity contribution is -0.121. The maximum Gasteiger partial charge on any atom is 0.162 e. The second-order valence-electron chi connectivity index (χ2n) is 2.64. The number of nitrogens with zero attached hydrogens (tertiary/aromatic N) is 1. The van der Waals surface area contributed by atoms with Gasteiger partial charge in [-0.25, -0.2) is 0 Å². The molecule has 1 N–H and O–H groups in total. The third-order valence-corrected chi connectivity index (χ3v) is 1.70. The first-order valence-corrected chi connectivity index (χ1v) is 3.88. The van der Waals surface area contributed by atoms with Gasteiger partial charge in [0, 0.05) is 6.42 Å². The number of nitriles is 1. The Labute approximate surface area is 76.2 Å². The number of ketones is 1. The van der Waals surface area contributed by atoms with Crippen LogP contribution in [0.15, 0.2) is 24.3 Å². The molecule has 0 atom stereocenters. The van der Waals surface area contributed by atoms with Gasteiger partial charge in [-0.05, 0) is 11.6 Å². The van der Waals surface area contributed by atoms with Crippen molar-refractivity contribution in [2.24, 2.45) is 0 Å². The van der Waals surface area contributed by atoms with Crippen LogP contribution < -0.4 is 0 Å². The van der Waals surface area contributed by atoms with Crippen LogP contribution in [-0.2, 0) is 11.2 Å². The molecule has 0 aliphatic carbocycles. The third-order valence-electron chi connectivity index (χ3n) is 1.70. The Morgan fingerprint density at radius 3 is 2.77 bits per heavy atom. The number of aliphatic hydroxyl groups excluding tert-OH is 1. The first-order chi connectivity index (χ1) is 6.27. The van der Waals surface area contributed by atoms with Gasteiger partial charge in [-0.15, -0.1) is 0 Å². The molecule has 0 heterocycles. The molecular formula is C10H9NO2. The van der Waals surface area contributed by atoms with Gasteiger partial charge in [-0.3, -0.25) is 4.79 Å². The summed E-state index contributed by atoms with van der Waals surface area (Å²) in [7, 11) is 0. The van der Waals surface area contributed by atoms with E-state index in [9.17, 15) is 4.79 Å². The van der Waals surface area contributed by atoms with Crippen LogP contribution in [0.4, 0.5) is 0 Å². The SMILES string of the molecule is N#Cc1ccccc1CC(=O)CO. The van der Waals surface area contributed by atoms with Crippen molar-refractivity contribution in [3.8, 4) is 6.07 Å². The minimum atomic E-state index is -0.472. The van der Waals surface area contributed by atoms with Crippen LogP contribution in [0.25, 0.3) is 0 Å². The van der Waals surface area contributed by atoms with Gasteiger partial charge < -0.3 is 5.11 Å². The fourth-order valence-corrected chi connectivity index (χ4v) is 1.05. The molecule has 3 nitrogen and oxygen atoms in total. The lowest BCUT2D eigenvalue weighted by Gasteiger charge is -2.00. The van der Waals surface area contributed by atoms with E-state index in [1.54, 1.807) is 24.3 Å². The summed E-state index contributed by atoms with van der Waals surface area (Å²) in [4.78, 5) is 10.9. The highest BCUT2D eigenvalue weighted by Crippen LogP contribution is 2.07. The van der Waals surface area contributed by atoms with E-state index in [0.717, 1.165) is 0 Å². The maximum atomic E-state index is 10.9. The zero-order chi connectivity index (χ0) is 9.68. The van der Waals surface area contributed by atoms with Crippen molar-refractivity contribution in [3.05, 3.63) is 35.4 Å². The fraction of sp³-hybridized carbons (Fsp3) is 0.200. The Kier molecular flexibility index (Phi) is 3.18. The van der Waals surface area contributed by atoms with Crippen LogP contribution in [-0.4, -0.2) is 17.5 Å². The minimum absolute atomic E-state index is 0.125. The summed E-state index contributed by atoms with van der Waals surface area (Å²) in [5.41, 5.74) is 1.16. The summed E-state index contributed by atoms with van der Waals surface area (Å²) in [5.74, 6) is -0.275. The molecule has 0 aliphatic heterocycles. The quantitative estimate of drug-likeness (QED) is 0.734. The summed E-state index contributed by atoms with van der Waals surface area (Å²) in [5, 5.41) is 17.2. The Bertz CT molecular complexity index is 352. The minimum Gasteiger partial charge on any atom is -0.389 e. The Morgan fingerprint density at radius 1 is 1.46 bits per heavy atom. The standard InChI is InChI=1S/C10H9NO2/c11-6-9-4-2-1-3-8(9)5-10(13)7-12/h1-4,12H,5,7H2. The molecule has 1 aromatic rings. The summed E-state index contributed by atoms with van der Waals surface area (Å²) in [6.07, 6.45) is 0.125. The van der Waals surface area contributed by atoms with E-state index >= 15 is 0 Å². The topological polar surface area (TPSA) is 61.1 Å². The largest absolute Gasteiger partial charge is 0.389 e. The van der Waals surface area contributed by atoms with E-state index in [2.05, 4.69) is 0 Å². The second kappa shape index (κ2) is 4.39. The van der Waals surface area contributed by atoms with Gasteiger partial charge in [-0.2, -0.15) is 5.26 Å². The summed E-state index contributed by atoms with van der Waals surface area (Å²) in [6, 6.07) is 8.86. The van der Waals surface area contributed by atoms with Crippen molar-refractivity contribution < 1.29 is 9.90 Å². The lowest BCUT2D eigenvalue weighted by Crippen LogP contribution is -2.08. The monoisotopic (exact) mass is 175 g/mol. The van der Waals surface area contributed by atoms with Gasteiger partial charge in [-0.1, -0.05) is 18.2 Å². The van der Waals surface area contributed by atoms with E-state index < -0.39 is 6.61 Å². The number of hydrogen-bond donors (Lipinski definition) is 1. The van der Waals surface area contributed by atoms with Crippen LogP contribution >= 0.6 is 0 Å². The van der Waals surface area contributed by atoms with E-state index in [-0.39, 0.29) is 12.2 Å². The van der Waals surface area contributed by atoms with E-state index in [4.69, 9.17) is 10.4 Å². The molecule has 0 spiro atoms. The molecule has 0 amide bonds. The molecule has 0 saturated heterocycles. The molecule has 1 aromatic carbocycles. The van der Waals surface area contributed by atoms with Gasteiger partial charge in [0.25, 0.3) is 0 Å². The molecule has 66 valence electrons. The Balaban J connectivity index is 2.89. The normalized spacial score (nSPS) is 9.23. The molecule has 3 heteroatoms. The molecule has 0 saturated carbocycles.